The van der Waals surface area contributed by atoms with Crippen molar-refractivity contribution in [3.63, 3.8) is 0 Å². The number of nitrogens with one attached hydrogen (secondary N) is 1. The zero-order chi connectivity index (χ0) is 14.5. The van der Waals surface area contributed by atoms with E-state index >= 15 is 0 Å². The number of carbonyl (C=O) groups is 1. The molecule has 1 heterocycles. The first-order chi connectivity index (χ1) is 9.61. The molecular weight excluding hydrogens is 320 g/mol. The molecule has 0 bridgehead atoms. The minimum atomic E-state index is -0.379. The van der Waals surface area contributed by atoms with E-state index in [1.165, 1.54) is 0 Å². The number of para-hydroxylation sites is 1. The van der Waals surface area contributed by atoms with Crippen molar-refractivity contribution in [1.29, 1.82) is 0 Å². The van der Waals surface area contributed by atoms with Gasteiger partial charge in [0, 0.05) is 28.2 Å². The minimum Gasteiger partial charge on any atom is -0.463 e. The number of ether oxygens (including phenoxy) is 1. The molecule has 0 aliphatic carbocycles. The Hall–Kier alpha value is -1.88. The van der Waals surface area contributed by atoms with Crippen LogP contribution in [0.4, 0.5) is 5.69 Å². The van der Waals surface area contributed by atoms with E-state index in [4.69, 9.17) is 4.74 Å². The number of esters is 1. The van der Waals surface area contributed by atoms with Gasteiger partial charge in [-0.2, -0.15) is 0 Å². The number of benzene rings is 1. The van der Waals surface area contributed by atoms with Gasteiger partial charge >= 0.3 is 5.97 Å². The molecule has 5 heteroatoms. The van der Waals surface area contributed by atoms with Gasteiger partial charge in [-0.15, -0.1) is 0 Å². The molecule has 2 rings (SSSR count). The summed E-state index contributed by atoms with van der Waals surface area (Å²) >= 11 is 3.40. The first kappa shape index (κ1) is 14.5. The Labute approximate surface area is 126 Å². The summed E-state index contributed by atoms with van der Waals surface area (Å²) in [6.07, 6.45) is 1.74. The maximum absolute atomic E-state index is 11.5. The summed E-state index contributed by atoms with van der Waals surface area (Å²) in [5.74, 6) is -0.379. The molecule has 0 spiro atoms. The Bertz CT molecular complexity index is 655. The number of pyridine rings is 1. The SMILES string of the molecule is C=C(CNc1cccc2cc(Br)cnc12)C(=O)OCC. The third-order valence-corrected chi connectivity index (χ3v) is 3.17. The number of rotatable bonds is 5. The molecule has 20 heavy (non-hydrogen) atoms. The molecule has 104 valence electrons. The fourth-order valence-electron chi connectivity index (χ4n) is 1.78. The Kier molecular flexibility index (Phi) is 4.74. The monoisotopic (exact) mass is 334 g/mol. The first-order valence-corrected chi connectivity index (χ1v) is 7.04. The highest BCUT2D eigenvalue weighted by atomic mass is 79.9. The number of nitrogens with zero attached hydrogens (tertiary/aromatic N) is 1. The molecule has 1 aromatic carbocycles. The molecule has 0 fully saturated rings. The van der Waals surface area contributed by atoms with Gasteiger partial charge in [-0.05, 0) is 35.0 Å². The quantitative estimate of drug-likeness (QED) is 0.671. The van der Waals surface area contributed by atoms with Crippen molar-refractivity contribution >= 4 is 38.5 Å². The molecule has 1 aromatic heterocycles. The number of hydrogen-bond acceptors (Lipinski definition) is 4. The molecule has 2 aromatic rings. The van der Waals surface area contributed by atoms with Gasteiger partial charge in [0.1, 0.15) is 0 Å². The number of aromatic nitrogens is 1. The minimum absolute atomic E-state index is 0.329. The second kappa shape index (κ2) is 6.52. The van der Waals surface area contributed by atoms with E-state index in [1.807, 2.05) is 24.3 Å². The second-order valence-electron chi connectivity index (χ2n) is 4.21. The number of halogens is 1. The fraction of sp³-hybridized carbons (Fsp3) is 0.200. The van der Waals surface area contributed by atoms with Crippen LogP contribution in [0.3, 0.4) is 0 Å². The predicted molar refractivity (Wildman–Crippen MR) is 83.7 cm³/mol. The van der Waals surface area contributed by atoms with Crippen molar-refractivity contribution in [2.45, 2.75) is 6.92 Å². The van der Waals surface area contributed by atoms with E-state index in [-0.39, 0.29) is 5.97 Å². The Morgan fingerprint density at radius 3 is 3.05 bits per heavy atom. The maximum atomic E-state index is 11.5. The third kappa shape index (κ3) is 3.36. The summed E-state index contributed by atoms with van der Waals surface area (Å²) in [7, 11) is 0. The average molecular weight is 335 g/mol. The molecule has 0 aliphatic heterocycles. The third-order valence-electron chi connectivity index (χ3n) is 2.73. The maximum Gasteiger partial charge on any atom is 0.335 e. The summed E-state index contributed by atoms with van der Waals surface area (Å²) < 4.78 is 5.82. The lowest BCUT2D eigenvalue weighted by Gasteiger charge is -2.10. The molecule has 0 unspecified atom stereocenters. The zero-order valence-electron chi connectivity index (χ0n) is 11.1. The summed E-state index contributed by atoms with van der Waals surface area (Å²) in [6.45, 7) is 6.16. The highest BCUT2D eigenvalue weighted by Crippen LogP contribution is 2.23. The van der Waals surface area contributed by atoms with Gasteiger partial charge in [-0.1, -0.05) is 18.7 Å². The van der Waals surface area contributed by atoms with Crippen LogP contribution in [0.25, 0.3) is 10.9 Å². The molecular formula is C15H15BrN2O2. The molecule has 4 nitrogen and oxygen atoms in total. The van der Waals surface area contributed by atoms with Crippen LogP contribution < -0.4 is 5.32 Å². The van der Waals surface area contributed by atoms with E-state index in [2.05, 4.69) is 32.8 Å². The van der Waals surface area contributed by atoms with Crippen LogP contribution in [0.5, 0.6) is 0 Å². The van der Waals surface area contributed by atoms with Crippen LogP contribution >= 0.6 is 15.9 Å². The molecule has 0 atom stereocenters. The number of fused-ring (bicyclic) bond motifs is 1. The molecule has 0 radical (unpaired) electrons. The second-order valence-corrected chi connectivity index (χ2v) is 5.12. The van der Waals surface area contributed by atoms with Gasteiger partial charge in [0.15, 0.2) is 0 Å². The van der Waals surface area contributed by atoms with Crippen LogP contribution in [-0.2, 0) is 9.53 Å². The van der Waals surface area contributed by atoms with Crippen molar-refractivity contribution in [2.24, 2.45) is 0 Å². The van der Waals surface area contributed by atoms with Gasteiger partial charge in [0.25, 0.3) is 0 Å². The van der Waals surface area contributed by atoms with Crippen LogP contribution in [0, 0.1) is 0 Å². The number of hydrogen-bond donors (Lipinski definition) is 1. The van der Waals surface area contributed by atoms with Crippen LogP contribution in [-0.4, -0.2) is 24.1 Å². The van der Waals surface area contributed by atoms with Gasteiger partial charge < -0.3 is 10.1 Å². The van der Waals surface area contributed by atoms with E-state index in [0.29, 0.717) is 18.7 Å². The Morgan fingerprint density at radius 2 is 2.30 bits per heavy atom. The van der Waals surface area contributed by atoms with Gasteiger partial charge in [-0.3, -0.25) is 4.98 Å². The van der Waals surface area contributed by atoms with Gasteiger partial charge in [0.05, 0.1) is 17.8 Å². The van der Waals surface area contributed by atoms with E-state index in [1.54, 1.807) is 13.1 Å². The summed E-state index contributed by atoms with van der Waals surface area (Å²) in [5.41, 5.74) is 2.11. The lowest BCUT2D eigenvalue weighted by molar-refractivity contribution is -0.138. The summed E-state index contributed by atoms with van der Waals surface area (Å²) in [4.78, 5) is 15.9. The standard InChI is InChI=1S/C15H15BrN2O2/c1-3-20-15(19)10(2)8-17-13-6-4-5-11-7-12(16)9-18-14(11)13/h4-7,9,17H,2-3,8H2,1H3. The first-order valence-electron chi connectivity index (χ1n) is 6.25. The Morgan fingerprint density at radius 1 is 1.50 bits per heavy atom. The fourth-order valence-corrected chi connectivity index (χ4v) is 2.13. The lowest BCUT2D eigenvalue weighted by atomic mass is 10.2. The summed E-state index contributed by atoms with van der Waals surface area (Å²) in [5, 5.41) is 4.19. The molecule has 1 N–H and O–H groups in total. The van der Waals surface area contributed by atoms with Crippen molar-refractivity contribution in [2.75, 3.05) is 18.5 Å². The van der Waals surface area contributed by atoms with Gasteiger partial charge in [0.2, 0.25) is 0 Å². The number of carbonyl (C=O) groups excluding carboxylic acids is 1. The van der Waals surface area contributed by atoms with E-state index in [9.17, 15) is 4.79 Å². The van der Waals surface area contributed by atoms with Crippen LogP contribution in [0.2, 0.25) is 0 Å². The van der Waals surface area contributed by atoms with E-state index < -0.39 is 0 Å². The van der Waals surface area contributed by atoms with Crippen LogP contribution in [0.15, 0.2) is 47.1 Å². The molecule has 0 amide bonds. The average Bonchev–Trinajstić information content (AvgIpc) is 2.44. The predicted octanol–water partition coefficient (Wildman–Crippen LogP) is 3.53. The van der Waals surface area contributed by atoms with Gasteiger partial charge in [-0.25, -0.2) is 4.79 Å². The normalized spacial score (nSPS) is 10.3. The molecule has 0 aliphatic rings. The topological polar surface area (TPSA) is 51.2 Å². The summed E-state index contributed by atoms with van der Waals surface area (Å²) in [6, 6.07) is 7.83. The van der Waals surface area contributed by atoms with Crippen molar-refractivity contribution < 1.29 is 9.53 Å². The van der Waals surface area contributed by atoms with Crippen molar-refractivity contribution in [1.82, 2.24) is 4.98 Å². The largest absolute Gasteiger partial charge is 0.463 e. The van der Waals surface area contributed by atoms with Crippen LogP contribution in [0.1, 0.15) is 6.92 Å². The lowest BCUT2D eigenvalue weighted by Crippen LogP contribution is -2.15. The highest BCUT2D eigenvalue weighted by molar-refractivity contribution is 9.10. The zero-order valence-corrected chi connectivity index (χ0v) is 12.7. The smallest absolute Gasteiger partial charge is 0.335 e. The van der Waals surface area contributed by atoms with Crippen molar-refractivity contribution in [3.8, 4) is 0 Å². The Balaban J connectivity index is 2.14. The molecule has 0 saturated heterocycles. The number of anilines is 1. The highest BCUT2D eigenvalue weighted by Gasteiger charge is 2.08. The molecule has 0 saturated carbocycles. The van der Waals surface area contributed by atoms with E-state index in [0.717, 1.165) is 21.1 Å². The van der Waals surface area contributed by atoms with Crippen molar-refractivity contribution in [3.05, 3.63) is 47.1 Å².